The average molecular weight is 299 g/mol. The molecule has 0 spiro atoms. The van der Waals surface area contributed by atoms with E-state index in [1.807, 2.05) is 31.2 Å². The van der Waals surface area contributed by atoms with E-state index in [4.69, 9.17) is 0 Å². The monoisotopic (exact) mass is 298 g/mol. The van der Waals surface area contributed by atoms with Gasteiger partial charge in [0, 0.05) is 37.2 Å². The van der Waals surface area contributed by atoms with Gasteiger partial charge >= 0.3 is 0 Å². The summed E-state index contributed by atoms with van der Waals surface area (Å²) in [5, 5.41) is 13.9. The maximum absolute atomic E-state index is 10.6. The van der Waals surface area contributed by atoms with Gasteiger partial charge in [-0.25, -0.2) is 0 Å². The summed E-state index contributed by atoms with van der Waals surface area (Å²) in [6.45, 7) is 6.61. The Kier molecular flexibility index (Phi) is 4.20. The van der Waals surface area contributed by atoms with Crippen LogP contribution in [0.25, 0.3) is 0 Å². The number of rotatable bonds is 3. The van der Waals surface area contributed by atoms with Crippen molar-refractivity contribution in [3.05, 3.63) is 34.3 Å². The van der Waals surface area contributed by atoms with Crippen molar-refractivity contribution in [2.75, 3.05) is 32.7 Å². The number of β-amino-alcohol motifs (C(OH)–C–C–N with tert-alkyl or cyclic N) is 1. The molecule has 3 nitrogen and oxygen atoms in total. The molecule has 1 unspecified atom stereocenters. The number of hydrogen-bond donors (Lipinski definition) is 2. The topological polar surface area (TPSA) is 35.5 Å². The van der Waals surface area contributed by atoms with E-state index in [1.54, 1.807) is 0 Å². The lowest BCUT2D eigenvalue weighted by atomic mass is 9.95. The summed E-state index contributed by atoms with van der Waals surface area (Å²) in [5.74, 6) is 0. The van der Waals surface area contributed by atoms with E-state index < -0.39 is 5.60 Å². The summed E-state index contributed by atoms with van der Waals surface area (Å²) >= 11 is 3.41. The Balaban J connectivity index is 2.04. The van der Waals surface area contributed by atoms with Crippen LogP contribution in [-0.2, 0) is 5.60 Å². The van der Waals surface area contributed by atoms with Gasteiger partial charge in [-0.2, -0.15) is 0 Å². The molecule has 2 N–H and O–H groups in total. The van der Waals surface area contributed by atoms with Gasteiger partial charge in [0.25, 0.3) is 0 Å². The Morgan fingerprint density at radius 1 is 1.29 bits per heavy atom. The van der Waals surface area contributed by atoms with E-state index >= 15 is 0 Å². The van der Waals surface area contributed by atoms with Crippen LogP contribution in [0.1, 0.15) is 12.5 Å². The first kappa shape index (κ1) is 13.0. The largest absolute Gasteiger partial charge is 0.384 e. The molecular weight excluding hydrogens is 280 g/mol. The van der Waals surface area contributed by atoms with Gasteiger partial charge in [0.2, 0.25) is 0 Å². The van der Waals surface area contributed by atoms with Gasteiger partial charge in [-0.3, -0.25) is 4.90 Å². The Morgan fingerprint density at radius 3 is 2.47 bits per heavy atom. The highest BCUT2D eigenvalue weighted by Crippen LogP contribution is 2.23. The van der Waals surface area contributed by atoms with Crippen molar-refractivity contribution in [3.63, 3.8) is 0 Å². The standard InChI is InChI=1S/C13H19BrN2O/c1-13(17,10-16-8-6-15-7-9-16)11-2-4-12(14)5-3-11/h2-5,15,17H,6-10H2,1H3. The van der Waals surface area contributed by atoms with Crippen LogP contribution < -0.4 is 5.32 Å². The van der Waals surface area contributed by atoms with Gasteiger partial charge in [-0.05, 0) is 24.6 Å². The first-order chi connectivity index (χ1) is 8.08. The first-order valence-corrected chi connectivity index (χ1v) is 6.79. The van der Waals surface area contributed by atoms with E-state index in [1.165, 1.54) is 0 Å². The highest BCUT2D eigenvalue weighted by atomic mass is 79.9. The van der Waals surface area contributed by atoms with Crippen LogP contribution >= 0.6 is 15.9 Å². The van der Waals surface area contributed by atoms with E-state index in [2.05, 4.69) is 26.1 Å². The Hall–Kier alpha value is -0.420. The highest BCUT2D eigenvalue weighted by molar-refractivity contribution is 9.10. The molecule has 1 aromatic carbocycles. The Labute approximate surface area is 111 Å². The second-order valence-electron chi connectivity index (χ2n) is 4.81. The maximum atomic E-state index is 10.6. The first-order valence-electron chi connectivity index (χ1n) is 5.99. The summed E-state index contributed by atoms with van der Waals surface area (Å²) in [6, 6.07) is 7.90. The van der Waals surface area contributed by atoms with Crippen LogP contribution in [0.4, 0.5) is 0 Å². The van der Waals surface area contributed by atoms with Crippen molar-refractivity contribution >= 4 is 15.9 Å². The lowest BCUT2D eigenvalue weighted by Gasteiger charge is -2.34. The summed E-state index contributed by atoms with van der Waals surface area (Å²) in [4.78, 5) is 2.30. The Morgan fingerprint density at radius 2 is 1.88 bits per heavy atom. The molecule has 1 atom stereocenters. The Bertz CT molecular complexity index is 358. The van der Waals surface area contributed by atoms with Crippen molar-refractivity contribution in [1.29, 1.82) is 0 Å². The zero-order valence-corrected chi connectivity index (χ0v) is 11.7. The third-order valence-corrected chi connectivity index (χ3v) is 3.74. The molecule has 1 aliphatic heterocycles. The molecule has 1 heterocycles. The zero-order chi connectivity index (χ0) is 12.3. The molecule has 1 aromatic rings. The number of hydrogen-bond acceptors (Lipinski definition) is 3. The van der Waals surface area contributed by atoms with Gasteiger partial charge < -0.3 is 10.4 Å². The second kappa shape index (κ2) is 5.48. The lowest BCUT2D eigenvalue weighted by molar-refractivity contribution is 0.0126. The predicted molar refractivity (Wildman–Crippen MR) is 73.0 cm³/mol. The SMILES string of the molecule is CC(O)(CN1CCNCC1)c1ccc(Br)cc1. The summed E-state index contributed by atoms with van der Waals surface area (Å²) in [6.07, 6.45) is 0. The van der Waals surface area contributed by atoms with Crippen LogP contribution in [0.2, 0.25) is 0 Å². The third-order valence-electron chi connectivity index (χ3n) is 3.21. The van der Waals surface area contributed by atoms with Crippen LogP contribution in [0.15, 0.2) is 28.7 Å². The third kappa shape index (κ3) is 3.52. The van der Waals surface area contributed by atoms with Gasteiger partial charge in [0.05, 0.1) is 5.60 Å². The summed E-state index contributed by atoms with van der Waals surface area (Å²) in [7, 11) is 0. The smallest absolute Gasteiger partial charge is 0.0994 e. The van der Waals surface area contributed by atoms with Gasteiger partial charge in [0.15, 0.2) is 0 Å². The zero-order valence-electron chi connectivity index (χ0n) is 10.1. The molecule has 0 saturated carbocycles. The fourth-order valence-electron chi connectivity index (χ4n) is 2.20. The van der Waals surface area contributed by atoms with E-state index in [-0.39, 0.29) is 0 Å². The van der Waals surface area contributed by atoms with Crippen LogP contribution in [-0.4, -0.2) is 42.7 Å². The number of nitrogens with one attached hydrogen (secondary N) is 1. The highest BCUT2D eigenvalue weighted by Gasteiger charge is 2.26. The van der Waals surface area contributed by atoms with Crippen molar-refractivity contribution in [3.8, 4) is 0 Å². The minimum Gasteiger partial charge on any atom is -0.384 e. The normalized spacial score (nSPS) is 21.1. The number of halogens is 1. The molecule has 0 bridgehead atoms. The van der Waals surface area contributed by atoms with Gasteiger partial charge in [-0.1, -0.05) is 28.1 Å². The molecule has 94 valence electrons. The molecule has 1 aliphatic rings. The molecule has 0 radical (unpaired) electrons. The molecule has 1 saturated heterocycles. The van der Waals surface area contributed by atoms with Crippen LogP contribution in [0.3, 0.4) is 0 Å². The van der Waals surface area contributed by atoms with E-state index in [0.29, 0.717) is 6.54 Å². The van der Waals surface area contributed by atoms with E-state index in [9.17, 15) is 5.11 Å². The second-order valence-corrected chi connectivity index (χ2v) is 5.72. The number of benzene rings is 1. The molecule has 0 aliphatic carbocycles. The lowest BCUT2D eigenvalue weighted by Crippen LogP contribution is -2.48. The number of nitrogens with zero attached hydrogens (tertiary/aromatic N) is 1. The summed E-state index contributed by atoms with van der Waals surface area (Å²) < 4.78 is 1.04. The minimum atomic E-state index is -0.780. The van der Waals surface area contributed by atoms with Crippen LogP contribution in [0.5, 0.6) is 0 Å². The molecule has 1 fully saturated rings. The van der Waals surface area contributed by atoms with Crippen molar-refractivity contribution in [2.45, 2.75) is 12.5 Å². The molecule has 17 heavy (non-hydrogen) atoms. The quantitative estimate of drug-likeness (QED) is 0.889. The molecule has 2 rings (SSSR count). The van der Waals surface area contributed by atoms with Gasteiger partial charge in [0.1, 0.15) is 0 Å². The fourth-order valence-corrected chi connectivity index (χ4v) is 2.47. The predicted octanol–water partition coefficient (Wildman–Crippen LogP) is 1.56. The fraction of sp³-hybridized carbons (Fsp3) is 0.538. The van der Waals surface area contributed by atoms with Gasteiger partial charge in [-0.15, -0.1) is 0 Å². The van der Waals surface area contributed by atoms with Crippen molar-refractivity contribution < 1.29 is 5.11 Å². The average Bonchev–Trinajstić information content (AvgIpc) is 2.30. The molecule has 0 amide bonds. The van der Waals surface area contributed by atoms with E-state index in [0.717, 1.165) is 36.2 Å². The number of aliphatic hydroxyl groups is 1. The molecule has 0 aromatic heterocycles. The number of piperazine rings is 1. The minimum absolute atomic E-state index is 0.691. The van der Waals surface area contributed by atoms with Crippen LogP contribution in [0, 0.1) is 0 Å². The van der Waals surface area contributed by atoms with Crippen molar-refractivity contribution in [1.82, 2.24) is 10.2 Å². The molecular formula is C13H19BrN2O. The maximum Gasteiger partial charge on any atom is 0.0994 e. The summed E-state index contributed by atoms with van der Waals surface area (Å²) in [5.41, 5.74) is 0.192. The molecule has 4 heteroatoms. The van der Waals surface area contributed by atoms with Crippen molar-refractivity contribution in [2.24, 2.45) is 0 Å².